The third-order valence-electron chi connectivity index (χ3n) is 4.27. The van der Waals surface area contributed by atoms with Gasteiger partial charge in [0.1, 0.15) is 17.7 Å². The van der Waals surface area contributed by atoms with Gasteiger partial charge in [-0.3, -0.25) is 14.8 Å². The Morgan fingerprint density at radius 1 is 1.07 bits per heavy atom. The SMILES string of the molecule is C[N+]1(CC(=O)Nc2ccc(-c3cnccn3)cn2)C=NC(c2ccnc(F)c2)=C1. The minimum atomic E-state index is -0.576. The normalized spacial score (nSPS) is 17.8. The zero-order valence-electron chi connectivity index (χ0n) is 15.5. The Labute approximate surface area is 166 Å². The van der Waals surface area contributed by atoms with Gasteiger partial charge in [0.15, 0.2) is 12.9 Å². The number of nitrogens with zero attached hydrogens (tertiary/aromatic N) is 6. The summed E-state index contributed by atoms with van der Waals surface area (Å²) in [7, 11) is 1.83. The van der Waals surface area contributed by atoms with Crippen LogP contribution in [-0.2, 0) is 4.79 Å². The van der Waals surface area contributed by atoms with E-state index >= 15 is 0 Å². The predicted molar refractivity (Wildman–Crippen MR) is 106 cm³/mol. The smallest absolute Gasteiger partial charge is 0.281 e. The zero-order valence-corrected chi connectivity index (χ0v) is 15.5. The molecule has 0 spiro atoms. The number of carbonyl (C=O) groups is 1. The molecule has 3 aromatic rings. The Kier molecular flexibility index (Phi) is 4.88. The number of aromatic nitrogens is 4. The quantitative estimate of drug-likeness (QED) is 0.534. The van der Waals surface area contributed by atoms with Gasteiger partial charge in [0, 0.05) is 42.0 Å². The van der Waals surface area contributed by atoms with Crippen molar-refractivity contribution in [3.05, 3.63) is 73.0 Å². The van der Waals surface area contributed by atoms with E-state index in [0.29, 0.717) is 22.8 Å². The first-order valence-electron chi connectivity index (χ1n) is 8.78. The van der Waals surface area contributed by atoms with E-state index < -0.39 is 5.95 Å². The molecule has 3 aromatic heterocycles. The van der Waals surface area contributed by atoms with Crippen LogP contribution >= 0.6 is 0 Å². The van der Waals surface area contributed by atoms with Crippen LogP contribution in [0.5, 0.6) is 0 Å². The average Bonchev–Trinajstić information content (AvgIpc) is 3.11. The predicted octanol–water partition coefficient (Wildman–Crippen LogP) is 2.50. The van der Waals surface area contributed by atoms with Gasteiger partial charge in [-0.15, -0.1) is 0 Å². The van der Waals surface area contributed by atoms with E-state index in [1.54, 1.807) is 49.5 Å². The van der Waals surface area contributed by atoms with Crippen molar-refractivity contribution in [2.45, 2.75) is 0 Å². The molecule has 0 saturated carbocycles. The summed E-state index contributed by atoms with van der Waals surface area (Å²) in [6, 6.07) is 6.50. The summed E-state index contributed by atoms with van der Waals surface area (Å²) < 4.78 is 13.5. The lowest BCUT2D eigenvalue weighted by Crippen LogP contribution is -2.42. The second-order valence-corrected chi connectivity index (χ2v) is 6.70. The van der Waals surface area contributed by atoms with E-state index in [1.807, 2.05) is 13.1 Å². The molecular weight excluding hydrogens is 373 g/mol. The fourth-order valence-electron chi connectivity index (χ4n) is 2.90. The molecule has 144 valence electrons. The van der Waals surface area contributed by atoms with Crippen LogP contribution in [0.1, 0.15) is 5.56 Å². The van der Waals surface area contributed by atoms with Crippen molar-refractivity contribution in [3.63, 3.8) is 0 Å². The third kappa shape index (κ3) is 4.36. The topological polar surface area (TPSA) is 93.0 Å². The van der Waals surface area contributed by atoms with Gasteiger partial charge >= 0.3 is 0 Å². The number of quaternary nitrogens is 1. The molecule has 0 aromatic carbocycles. The van der Waals surface area contributed by atoms with Crippen LogP contribution in [0, 0.1) is 5.95 Å². The summed E-state index contributed by atoms with van der Waals surface area (Å²) in [5.74, 6) is -0.364. The highest BCUT2D eigenvalue weighted by molar-refractivity contribution is 5.92. The number of hydrogen-bond donors (Lipinski definition) is 1. The first kappa shape index (κ1) is 18.5. The van der Waals surface area contributed by atoms with Crippen molar-refractivity contribution in [2.24, 2.45) is 4.99 Å². The number of hydrogen-bond acceptors (Lipinski definition) is 6. The Hall–Kier alpha value is -3.85. The fourth-order valence-corrected chi connectivity index (χ4v) is 2.90. The van der Waals surface area contributed by atoms with Crippen molar-refractivity contribution in [2.75, 3.05) is 18.9 Å². The van der Waals surface area contributed by atoms with Crippen LogP contribution in [-0.4, -0.2) is 50.3 Å². The fraction of sp³-hybridized carbons (Fsp3) is 0.100. The number of anilines is 1. The number of amides is 1. The molecule has 0 saturated heterocycles. The number of carbonyl (C=O) groups excluding carboxylic acids is 1. The lowest BCUT2D eigenvalue weighted by atomic mass is 10.2. The maximum atomic E-state index is 13.3. The first-order chi connectivity index (χ1) is 14.0. The molecule has 0 fully saturated rings. The molecule has 1 aliphatic heterocycles. The van der Waals surface area contributed by atoms with Crippen LogP contribution in [0.15, 0.2) is 66.4 Å². The van der Waals surface area contributed by atoms with Crippen molar-refractivity contribution in [3.8, 4) is 11.3 Å². The van der Waals surface area contributed by atoms with Gasteiger partial charge in [-0.05, 0) is 18.2 Å². The Morgan fingerprint density at radius 3 is 2.69 bits per heavy atom. The molecular formula is C20H17FN7O+. The van der Waals surface area contributed by atoms with E-state index in [-0.39, 0.29) is 16.9 Å². The number of aliphatic imine (C=N–C) groups is 1. The molecule has 0 radical (unpaired) electrons. The maximum absolute atomic E-state index is 13.3. The van der Waals surface area contributed by atoms with Gasteiger partial charge < -0.3 is 5.32 Å². The summed E-state index contributed by atoms with van der Waals surface area (Å²) in [6.07, 6.45) is 11.3. The Bertz CT molecular complexity index is 1100. The molecule has 29 heavy (non-hydrogen) atoms. The van der Waals surface area contributed by atoms with Gasteiger partial charge in [-0.25, -0.2) is 14.5 Å². The molecule has 1 atom stereocenters. The molecule has 1 unspecified atom stereocenters. The van der Waals surface area contributed by atoms with E-state index in [9.17, 15) is 9.18 Å². The zero-order chi connectivity index (χ0) is 20.3. The van der Waals surface area contributed by atoms with Crippen molar-refractivity contribution in [1.82, 2.24) is 19.9 Å². The first-order valence-corrected chi connectivity index (χ1v) is 8.78. The lowest BCUT2D eigenvalue weighted by molar-refractivity contribution is -0.746. The van der Waals surface area contributed by atoms with Crippen LogP contribution in [0.25, 0.3) is 17.0 Å². The van der Waals surface area contributed by atoms with Crippen molar-refractivity contribution in [1.29, 1.82) is 0 Å². The van der Waals surface area contributed by atoms with Crippen LogP contribution in [0.2, 0.25) is 0 Å². The maximum Gasteiger partial charge on any atom is 0.281 e. The number of pyridine rings is 2. The molecule has 1 aliphatic rings. The second-order valence-electron chi connectivity index (χ2n) is 6.70. The van der Waals surface area contributed by atoms with Gasteiger partial charge in [-0.1, -0.05) is 0 Å². The number of likely N-dealkylation sites (N-methyl/N-ethyl adjacent to an activating group) is 1. The van der Waals surface area contributed by atoms with Gasteiger partial charge in [0.05, 0.1) is 18.9 Å². The molecule has 0 aliphatic carbocycles. The molecule has 9 heteroatoms. The highest BCUT2D eigenvalue weighted by Gasteiger charge is 2.28. The van der Waals surface area contributed by atoms with Gasteiger partial charge in [-0.2, -0.15) is 9.38 Å². The van der Waals surface area contributed by atoms with Crippen LogP contribution < -0.4 is 5.32 Å². The van der Waals surface area contributed by atoms with E-state index in [2.05, 4.69) is 30.2 Å². The van der Waals surface area contributed by atoms with Gasteiger partial charge in [0.2, 0.25) is 5.95 Å². The third-order valence-corrected chi connectivity index (χ3v) is 4.27. The molecule has 4 heterocycles. The highest BCUT2D eigenvalue weighted by atomic mass is 19.1. The summed E-state index contributed by atoms with van der Waals surface area (Å²) in [6.45, 7) is 0.119. The van der Waals surface area contributed by atoms with E-state index in [1.165, 1.54) is 12.3 Å². The lowest BCUT2D eigenvalue weighted by Gasteiger charge is -2.20. The standard InChI is InChI=1S/C20H16FN7O/c1-28(11-17(26-13-28)14-4-5-24-18(21)8-14)12-20(29)27-19-3-2-15(9-25-19)16-10-22-6-7-23-16/h2-11,13H,12H2,1H3/p+1. The minimum Gasteiger partial charge on any atom is -0.306 e. The largest absolute Gasteiger partial charge is 0.306 e. The summed E-state index contributed by atoms with van der Waals surface area (Å²) in [5, 5.41) is 2.77. The summed E-state index contributed by atoms with van der Waals surface area (Å²) >= 11 is 0. The summed E-state index contributed by atoms with van der Waals surface area (Å²) in [5.41, 5.74) is 2.71. The minimum absolute atomic E-state index is 0.119. The number of halogens is 1. The van der Waals surface area contributed by atoms with E-state index in [4.69, 9.17) is 0 Å². The monoisotopic (exact) mass is 390 g/mol. The molecule has 1 amide bonds. The van der Waals surface area contributed by atoms with E-state index in [0.717, 1.165) is 5.56 Å². The molecule has 0 bridgehead atoms. The summed E-state index contributed by atoms with van der Waals surface area (Å²) in [4.78, 5) is 32.8. The molecule has 4 rings (SSSR count). The van der Waals surface area contributed by atoms with Gasteiger partial charge in [0.25, 0.3) is 5.91 Å². The van der Waals surface area contributed by atoms with Crippen molar-refractivity contribution < 1.29 is 13.7 Å². The molecule has 8 nitrogen and oxygen atoms in total. The van der Waals surface area contributed by atoms with Crippen molar-refractivity contribution >= 4 is 23.8 Å². The average molecular weight is 390 g/mol. The second kappa shape index (κ2) is 7.64. The Balaban J connectivity index is 1.41. The molecule has 1 N–H and O–H groups in total. The number of nitrogens with one attached hydrogen (secondary N) is 1. The number of rotatable bonds is 5. The van der Waals surface area contributed by atoms with Crippen LogP contribution in [0.3, 0.4) is 0 Å². The van der Waals surface area contributed by atoms with Crippen LogP contribution in [0.4, 0.5) is 10.2 Å². The highest BCUT2D eigenvalue weighted by Crippen LogP contribution is 2.24. The Morgan fingerprint density at radius 2 is 1.97 bits per heavy atom.